The largest absolute Gasteiger partial charge is 0.507 e. The highest BCUT2D eigenvalue weighted by Gasteiger charge is 2.22. The van der Waals surface area contributed by atoms with Crippen LogP contribution in [0.2, 0.25) is 0 Å². The molecule has 1 N–H and O–H groups in total. The number of carbonyl (C=O) groups is 2. The number of rotatable bonds is 3. The summed E-state index contributed by atoms with van der Waals surface area (Å²) < 4.78 is 0. The van der Waals surface area contributed by atoms with Gasteiger partial charge in [0.2, 0.25) is 11.6 Å². The fourth-order valence-corrected chi connectivity index (χ4v) is 2.33. The molecule has 0 bridgehead atoms. The summed E-state index contributed by atoms with van der Waals surface area (Å²) in [5, 5.41) is 11.3. The first kappa shape index (κ1) is 13.1. The van der Waals surface area contributed by atoms with Gasteiger partial charge in [-0.05, 0) is 22.9 Å². The van der Waals surface area contributed by atoms with Gasteiger partial charge in [0.25, 0.3) is 0 Å². The molecule has 0 aliphatic heterocycles. The highest BCUT2D eigenvalue weighted by Crippen LogP contribution is 2.22. The Balaban J connectivity index is 2.09. The number of aromatic hydroxyl groups is 1. The van der Waals surface area contributed by atoms with Gasteiger partial charge in [-0.1, -0.05) is 54.6 Å². The number of phenolic OH excluding ortho intramolecular Hbond substituents is 1. The molecule has 0 heterocycles. The molecule has 0 aliphatic carbocycles. The van der Waals surface area contributed by atoms with Gasteiger partial charge in [-0.15, -0.1) is 0 Å². The van der Waals surface area contributed by atoms with Crippen molar-refractivity contribution in [3.63, 3.8) is 0 Å². The molecular weight excluding hydrogens is 264 g/mol. The normalized spacial score (nSPS) is 10.5. The van der Waals surface area contributed by atoms with Crippen LogP contribution >= 0.6 is 0 Å². The first-order valence-corrected chi connectivity index (χ1v) is 6.53. The molecule has 3 nitrogen and oxygen atoms in total. The van der Waals surface area contributed by atoms with Crippen molar-refractivity contribution in [1.82, 2.24) is 0 Å². The number of Topliss-reactive ketones (excluding diaryl/α,β-unsaturated/α-hetero) is 2. The van der Waals surface area contributed by atoms with Crippen LogP contribution in [-0.4, -0.2) is 16.7 Å². The molecule has 0 aromatic heterocycles. The van der Waals surface area contributed by atoms with Gasteiger partial charge in [0.1, 0.15) is 5.75 Å². The van der Waals surface area contributed by atoms with E-state index in [1.54, 1.807) is 30.3 Å². The molecule has 0 amide bonds. The van der Waals surface area contributed by atoms with Crippen LogP contribution in [0.3, 0.4) is 0 Å². The van der Waals surface area contributed by atoms with Crippen molar-refractivity contribution in [2.45, 2.75) is 0 Å². The lowest BCUT2D eigenvalue weighted by Crippen LogP contribution is -2.15. The number of fused-ring (bicyclic) bond motifs is 1. The van der Waals surface area contributed by atoms with Gasteiger partial charge in [0.15, 0.2) is 0 Å². The lowest BCUT2D eigenvalue weighted by Gasteiger charge is -2.06. The van der Waals surface area contributed by atoms with E-state index in [0.29, 0.717) is 5.56 Å². The second kappa shape index (κ2) is 5.21. The van der Waals surface area contributed by atoms with E-state index in [4.69, 9.17) is 0 Å². The zero-order valence-corrected chi connectivity index (χ0v) is 11.1. The summed E-state index contributed by atoms with van der Waals surface area (Å²) >= 11 is 0. The van der Waals surface area contributed by atoms with Gasteiger partial charge in [-0.2, -0.15) is 0 Å². The monoisotopic (exact) mass is 276 g/mol. The van der Waals surface area contributed by atoms with E-state index in [0.717, 1.165) is 10.8 Å². The first-order valence-electron chi connectivity index (χ1n) is 6.53. The number of benzene rings is 3. The fraction of sp³-hybridized carbons (Fsp3) is 0. The molecule has 0 spiro atoms. The zero-order valence-electron chi connectivity index (χ0n) is 11.1. The van der Waals surface area contributed by atoms with E-state index in [-0.39, 0.29) is 11.3 Å². The van der Waals surface area contributed by atoms with Gasteiger partial charge < -0.3 is 5.11 Å². The Kier molecular flexibility index (Phi) is 3.24. The third-order valence-electron chi connectivity index (χ3n) is 3.39. The van der Waals surface area contributed by atoms with Crippen LogP contribution < -0.4 is 0 Å². The number of ketones is 2. The molecule has 0 saturated heterocycles. The van der Waals surface area contributed by atoms with Crippen molar-refractivity contribution in [3.05, 3.63) is 77.9 Å². The Labute approximate surface area is 121 Å². The quantitative estimate of drug-likeness (QED) is 0.587. The molecule has 3 aromatic carbocycles. The Bertz CT molecular complexity index is 844. The maximum Gasteiger partial charge on any atom is 0.237 e. The van der Waals surface area contributed by atoms with Crippen molar-refractivity contribution in [2.75, 3.05) is 0 Å². The standard InChI is InChI=1S/C18H12O3/c19-16-11-4-3-9-15(16)18(21)17(20)14-10-5-7-12-6-1-2-8-13(12)14/h1-11,19H. The molecule has 3 rings (SSSR count). The van der Waals surface area contributed by atoms with Crippen LogP contribution in [0, 0.1) is 0 Å². The van der Waals surface area contributed by atoms with Crippen LogP contribution in [0.1, 0.15) is 20.7 Å². The first-order chi connectivity index (χ1) is 10.2. The van der Waals surface area contributed by atoms with Gasteiger partial charge in [0.05, 0.1) is 5.56 Å². The van der Waals surface area contributed by atoms with Crippen molar-refractivity contribution in [1.29, 1.82) is 0 Å². The van der Waals surface area contributed by atoms with Crippen molar-refractivity contribution in [2.24, 2.45) is 0 Å². The topological polar surface area (TPSA) is 54.4 Å². The average molecular weight is 276 g/mol. The lowest BCUT2D eigenvalue weighted by atomic mass is 9.96. The smallest absolute Gasteiger partial charge is 0.237 e. The highest BCUT2D eigenvalue weighted by molar-refractivity contribution is 6.51. The van der Waals surface area contributed by atoms with Crippen LogP contribution in [0.15, 0.2) is 66.7 Å². The summed E-state index contributed by atoms with van der Waals surface area (Å²) in [5.41, 5.74) is 0.372. The molecule has 0 saturated carbocycles. The molecule has 0 radical (unpaired) electrons. The molecule has 3 heteroatoms. The van der Waals surface area contributed by atoms with E-state index in [2.05, 4.69) is 0 Å². The summed E-state index contributed by atoms with van der Waals surface area (Å²) in [6, 6.07) is 18.7. The highest BCUT2D eigenvalue weighted by atomic mass is 16.3. The number of hydrogen-bond acceptors (Lipinski definition) is 3. The number of carbonyl (C=O) groups excluding carboxylic acids is 2. The summed E-state index contributed by atoms with van der Waals surface area (Å²) in [6.45, 7) is 0. The summed E-state index contributed by atoms with van der Waals surface area (Å²) in [6.07, 6.45) is 0. The van der Waals surface area contributed by atoms with Crippen molar-refractivity contribution < 1.29 is 14.7 Å². The Morgan fingerprint density at radius 2 is 1.24 bits per heavy atom. The minimum absolute atomic E-state index is 0.0236. The second-order valence-corrected chi connectivity index (χ2v) is 4.70. The Morgan fingerprint density at radius 1 is 0.667 bits per heavy atom. The number of para-hydroxylation sites is 1. The van der Waals surface area contributed by atoms with E-state index in [9.17, 15) is 14.7 Å². The van der Waals surface area contributed by atoms with Crippen molar-refractivity contribution in [3.8, 4) is 5.75 Å². The molecule has 102 valence electrons. The predicted molar refractivity (Wildman–Crippen MR) is 80.7 cm³/mol. The molecule has 0 aliphatic rings. The molecular formula is C18H12O3. The maximum absolute atomic E-state index is 12.5. The van der Waals surface area contributed by atoms with Crippen LogP contribution in [0.5, 0.6) is 5.75 Å². The van der Waals surface area contributed by atoms with Crippen LogP contribution in [-0.2, 0) is 0 Å². The third-order valence-corrected chi connectivity index (χ3v) is 3.39. The minimum atomic E-state index is -0.704. The van der Waals surface area contributed by atoms with Gasteiger partial charge in [-0.3, -0.25) is 9.59 Å². The van der Waals surface area contributed by atoms with Crippen LogP contribution in [0.4, 0.5) is 0 Å². The van der Waals surface area contributed by atoms with Gasteiger partial charge in [-0.25, -0.2) is 0 Å². The predicted octanol–water partition coefficient (Wildman–Crippen LogP) is 3.61. The molecule has 0 atom stereocenters. The zero-order chi connectivity index (χ0) is 14.8. The summed E-state index contributed by atoms with van der Waals surface area (Å²) in [5.74, 6) is -1.51. The van der Waals surface area contributed by atoms with Gasteiger partial charge >= 0.3 is 0 Å². The van der Waals surface area contributed by atoms with Crippen molar-refractivity contribution >= 4 is 22.3 Å². The van der Waals surface area contributed by atoms with E-state index >= 15 is 0 Å². The fourth-order valence-electron chi connectivity index (χ4n) is 2.33. The minimum Gasteiger partial charge on any atom is -0.507 e. The lowest BCUT2D eigenvalue weighted by molar-refractivity contribution is 0.0816. The van der Waals surface area contributed by atoms with Crippen LogP contribution in [0.25, 0.3) is 10.8 Å². The summed E-state index contributed by atoms with van der Waals surface area (Å²) in [7, 11) is 0. The van der Waals surface area contributed by atoms with E-state index in [1.165, 1.54) is 12.1 Å². The second-order valence-electron chi connectivity index (χ2n) is 4.70. The Morgan fingerprint density at radius 3 is 2.05 bits per heavy atom. The molecule has 3 aromatic rings. The molecule has 0 fully saturated rings. The average Bonchev–Trinajstić information content (AvgIpc) is 2.53. The SMILES string of the molecule is O=C(C(=O)c1cccc2ccccc12)c1ccccc1O. The van der Waals surface area contributed by atoms with E-state index in [1.807, 2.05) is 24.3 Å². The molecule has 0 unspecified atom stereocenters. The summed E-state index contributed by atoms with van der Waals surface area (Å²) in [4.78, 5) is 24.8. The third kappa shape index (κ3) is 2.30. The number of phenols is 1. The van der Waals surface area contributed by atoms with E-state index < -0.39 is 11.6 Å². The maximum atomic E-state index is 12.5. The number of hydrogen-bond donors (Lipinski definition) is 1. The Hall–Kier alpha value is -2.94. The van der Waals surface area contributed by atoms with Gasteiger partial charge in [0, 0.05) is 5.56 Å². The molecule has 21 heavy (non-hydrogen) atoms.